The van der Waals surface area contributed by atoms with Crippen LogP contribution in [0.25, 0.3) is 11.4 Å². The largest absolute Gasteiger partial charge is 0.353 e. The fourth-order valence-electron chi connectivity index (χ4n) is 4.38. The lowest BCUT2D eigenvalue weighted by Gasteiger charge is -2.36. The van der Waals surface area contributed by atoms with Gasteiger partial charge in [-0.3, -0.25) is 9.69 Å². The summed E-state index contributed by atoms with van der Waals surface area (Å²) in [6.45, 7) is 8.81. The first-order valence-electron chi connectivity index (χ1n) is 11.2. The Morgan fingerprint density at radius 3 is 2.57 bits per heavy atom. The molecule has 1 saturated heterocycles. The Morgan fingerprint density at radius 2 is 1.87 bits per heavy atom. The molecule has 1 aromatic carbocycles. The topological polar surface area (TPSA) is 74.5 Å². The van der Waals surface area contributed by atoms with Crippen LogP contribution in [0.1, 0.15) is 56.5 Å². The van der Waals surface area contributed by atoms with E-state index in [1.807, 2.05) is 12.1 Å². The number of amides is 1. The number of carbonyl (C=O) groups excluding carboxylic acids is 1. The maximum Gasteiger partial charge on any atom is 0.244 e. The summed E-state index contributed by atoms with van der Waals surface area (Å²) >= 11 is 0. The molecule has 0 spiro atoms. The lowest BCUT2D eigenvalue weighted by Crippen LogP contribution is -2.48. The third-order valence-electron chi connectivity index (χ3n) is 6.44. The molecule has 1 N–H and O–H groups in total. The molecule has 1 aliphatic carbocycles. The monoisotopic (exact) mass is 411 g/mol. The van der Waals surface area contributed by atoms with Crippen molar-refractivity contribution in [3.8, 4) is 11.4 Å². The van der Waals surface area contributed by atoms with Crippen LogP contribution in [0.15, 0.2) is 28.8 Å². The van der Waals surface area contributed by atoms with Gasteiger partial charge in [-0.15, -0.1) is 0 Å². The number of nitrogens with one attached hydrogen (secondary N) is 1. The second kappa shape index (κ2) is 9.71. The summed E-state index contributed by atoms with van der Waals surface area (Å²) in [5.74, 6) is 1.51. The predicted molar refractivity (Wildman–Crippen MR) is 116 cm³/mol. The molecule has 2 heterocycles. The number of hydrogen-bond donors (Lipinski definition) is 1. The molecule has 7 nitrogen and oxygen atoms in total. The number of rotatable bonds is 7. The Labute approximate surface area is 178 Å². The number of nitrogens with zero attached hydrogens (tertiary/aromatic N) is 4. The Kier molecular flexibility index (Phi) is 6.79. The van der Waals surface area contributed by atoms with Gasteiger partial charge in [-0.2, -0.15) is 4.98 Å². The van der Waals surface area contributed by atoms with E-state index in [1.54, 1.807) is 0 Å². The van der Waals surface area contributed by atoms with Crippen molar-refractivity contribution in [2.45, 2.75) is 58.0 Å². The number of carbonyl (C=O) groups is 1. The SMILES string of the molecule is Cc1ccc(-c2noc(C(C)N3CCN(CCC(=O)NC4CCCC4)CC3)n2)cc1. The first-order chi connectivity index (χ1) is 14.6. The molecule has 7 heteroatoms. The molecule has 0 radical (unpaired) electrons. The molecule has 2 fully saturated rings. The maximum atomic E-state index is 12.2. The average Bonchev–Trinajstić information content (AvgIpc) is 3.45. The second-order valence-corrected chi connectivity index (χ2v) is 8.67. The summed E-state index contributed by atoms with van der Waals surface area (Å²) < 4.78 is 5.56. The van der Waals surface area contributed by atoms with Gasteiger partial charge in [0.25, 0.3) is 0 Å². The Morgan fingerprint density at radius 1 is 1.17 bits per heavy atom. The Balaban J connectivity index is 1.23. The smallest absolute Gasteiger partial charge is 0.244 e. The molecule has 2 aromatic rings. The van der Waals surface area contributed by atoms with Crippen LogP contribution in [0.5, 0.6) is 0 Å². The van der Waals surface area contributed by atoms with Gasteiger partial charge in [0.2, 0.25) is 17.6 Å². The minimum atomic E-state index is 0.0875. The van der Waals surface area contributed by atoms with Crippen molar-refractivity contribution in [3.05, 3.63) is 35.7 Å². The zero-order valence-electron chi connectivity index (χ0n) is 18.1. The van der Waals surface area contributed by atoms with Crippen molar-refractivity contribution in [3.63, 3.8) is 0 Å². The van der Waals surface area contributed by atoms with Gasteiger partial charge in [-0.05, 0) is 26.7 Å². The lowest BCUT2D eigenvalue weighted by atomic mass is 10.1. The molecular formula is C23H33N5O2. The van der Waals surface area contributed by atoms with Crippen molar-refractivity contribution in [1.82, 2.24) is 25.3 Å². The molecule has 1 amide bonds. The third kappa shape index (κ3) is 5.26. The van der Waals surface area contributed by atoms with Gasteiger partial charge in [0.1, 0.15) is 0 Å². The number of aromatic nitrogens is 2. The van der Waals surface area contributed by atoms with Crippen molar-refractivity contribution < 1.29 is 9.32 Å². The predicted octanol–water partition coefficient (Wildman–Crippen LogP) is 3.17. The second-order valence-electron chi connectivity index (χ2n) is 8.67. The van der Waals surface area contributed by atoms with Gasteiger partial charge < -0.3 is 14.7 Å². The van der Waals surface area contributed by atoms with Crippen molar-refractivity contribution in [1.29, 1.82) is 0 Å². The molecule has 1 unspecified atom stereocenters. The molecule has 30 heavy (non-hydrogen) atoms. The molecule has 2 aliphatic rings. The maximum absolute atomic E-state index is 12.2. The summed E-state index contributed by atoms with van der Waals surface area (Å²) in [5, 5.41) is 7.35. The van der Waals surface area contributed by atoms with Crippen LogP contribution in [0, 0.1) is 6.92 Å². The van der Waals surface area contributed by atoms with Crippen LogP contribution in [-0.4, -0.2) is 64.6 Å². The average molecular weight is 412 g/mol. The van der Waals surface area contributed by atoms with Crippen LogP contribution >= 0.6 is 0 Å². The van der Waals surface area contributed by atoms with Crippen molar-refractivity contribution >= 4 is 5.91 Å². The highest BCUT2D eigenvalue weighted by Crippen LogP contribution is 2.24. The summed E-state index contributed by atoms with van der Waals surface area (Å²) in [6, 6.07) is 8.66. The van der Waals surface area contributed by atoms with E-state index in [4.69, 9.17) is 4.52 Å². The van der Waals surface area contributed by atoms with E-state index in [2.05, 4.69) is 51.2 Å². The minimum Gasteiger partial charge on any atom is -0.353 e. The van der Waals surface area contributed by atoms with E-state index in [9.17, 15) is 4.79 Å². The van der Waals surface area contributed by atoms with Crippen LogP contribution in [0.2, 0.25) is 0 Å². The first kappa shape index (κ1) is 21.0. The summed E-state index contributed by atoms with van der Waals surface area (Å²) in [6.07, 6.45) is 5.37. The summed E-state index contributed by atoms with van der Waals surface area (Å²) in [7, 11) is 0. The highest BCUT2D eigenvalue weighted by Gasteiger charge is 2.26. The normalized spacial score (nSPS) is 19.8. The Bertz CT molecular complexity index is 820. The van der Waals surface area contributed by atoms with Gasteiger partial charge >= 0.3 is 0 Å². The zero-order chi connectivity index (χ0) is 20.9. The van der Waals surface area contributed by atoms with E-state index in [0.29, 0.717) is 24.2 Å². The van der Waals surface area contributed by atoms with E-state index < -0.39 is 0 Å². The number of aryl methyl sites for hydroxylation is 1. The molecule has 4 rings (SSSR count). The van der Waals surface area contributed by atoms with Crippen LogP contribution in [-0.2, 0) is 4.79 Å². The first-order valence-corrected chi connectivity index (χ1v) is 11.2. The summed E-state index contributed by atoms with van der Waals surface area (Å²) in [5.41, 5.74) is 2.19. The van der Waals surface area contributed by atoms with E-state index in [0.717, 1.165) is 51.1 Å². The lowest BCUT2D eigenvalue weighted by molar-refractivity contribution is -0.122. The van der Waals surface area contributed by atoms with Gasteiger partial charge in [-0.25, -0.2) is 0 Å². The number of piperazine rings is 1. The summed E-state index contributed by atoms with van der Waals surface area (Å²) in [4.78, 5) is 21.5. The van der Waals surface area contributed by atoms with Crippen LogP contribution in [0.4, 0.5) is 0 Å². The van der Waals surface area contributed by atoms with E-state index in [-0.39, 0.29) is 11.9 Å². The molecular weight excluding hydrogens is 378 g/mol. The fourth-order valence-corrected chi connectivity index (χ4v) is 4.38. The van der Waals surface area contributed by atoms with Gasteiger partial charge in [-0.1, -0.05) is 47.8 Å². The van der Waals surface area contributed by atoms with Gasteiger partial charge in [0.05, 0.1) is 6.04 Å². The van der Waals surface area contributed by atoms with Crippen molar-refractivity contribution in [2.75, 3.05) is 32.7 Å². The van der Waals surface area contributed by atoms with E-state index >= 15 is 0 Å². The van der Waals surface area contributed by atoms with Crippen LogP contribution < -0.4 is 5.32 Å². The van der Waals surface area contributed by atoms with Gasteiger partial charge in [0, 0.05) is 50.7 Å². The third-order valence-corrected chi connectivity index (χ3v) is 6.44. The molecule has 162 valence electrons. The fraction of sp³-hybridized carbons (Fsp3) is 0.609. The standard InChI is InChI=1S/C23H33N5O2/c1-17-7-9-19(10-8-17)22-25-23(30-26-22)18(2)28-15-13-27(14-16-28)12-11-21(29)24-20-5-3-4-6-20/h7-10,18,20H,3-6,11-16H2,1-2H3,(H,24,29). The molecule has 0 bridgehead atoms. The molecule has 1 aliphatic heterocycles. The molecule has 1 aromatic heterocycles. The highest BCUT2D eigenvalue weighted by atomic mass is 16.5. The number of hydrogen-bond acceptors (Lipinski definition) is 6. The van der Waals surface area contributed by atoms with Crippen LogP contribution in [0.3, 0.4) is 0 Å². The highest BCUT2D eigenvalue weighted by molar-refractivity contribution is 5.76. The number of benzene rings is 1. The molecule has 1 atom stereocenters. The zero-order valence-corrected chi connectivity index (χ0v) is 18.1. The molecule has 1 saturated carbocycles. The quantitative estimate of drug-likeness (QED) is 0.754. The van der Waals surface area contributed by atoms with Gasteiger partial charge in [0.15, 0.2) is 0 Å². The Hall–Kier alpha value is -2.25. The van der Waals surface area contributed by atoms with Crippen molar-refractivity contribution in [2.24, 2.45) is 0 Å². The van der Waals surface area contributed by atoms with E-state index in [1.165, 1.54) is 18.4 Å². The minimum absolute atomic E-state index is 0.0875.